The minimum absolute atomic E-state index is 0.0712. The maximum Gasteiger partial charge on any atom is 0.308 e. The number of allylic oxidation sites excluding steroid dienone is 3. The first kappa shape index (κ1) is 9.66. The van der Waals surface area contributed by atoms with Crippen LogP contribution in [0.15, 0.2) is 36.1 Å². The van der Waals surface area contributed by atoms with Gasteiger partial charge in [-0.1, -0.05) is 18.2 Å². The van der Waals surface area contributed by atoms with Gasteiger partial charge in [0.2, 0.25) is 0 Å². The zero-order valence-corrected chi connectivity index (χ0v) is 8.45. The fourth-order valence-electron chi connectivity index (χ4n) is 3.39. The Morgan fingerprint density at radius 1 is 1.38 bits per heavy atom. The van der Waals surface area contributed by atoms with E-state index in [1.807, 2.05) is 6.08 Å². The van der Waals surface area contributed by atoms with Gasteiger partial charge in [0.1, 0.15) is 5.76 Å². The van der Waals surface area contributed by atoms with Crippen LogP contribution in [0.5, 0.6) is 0 Å². The Bertz CT molecular complexity index is 448. The first-order valence-electron chi connectivity index (χ1n) is 5.26. The molecule has 0 aromatic carbocycles. The van der Waals surface area contributed by atoms with Gasteiger partial charge < -0.3 is 15.3 Å². The van der Waals surface area contributed by atoms with Crippen LogP contribution in [0.1, 0.15) is 0 Å². The second kappa shape index (κ2) is 2.77. The van der Waals surface area contributed by atoms with E-state index in [4.69, 9.17) is 0 Å². The van der Waals surface area contributed by atoms with Crippen LogP contribution in [0, 0.1) is 23.2 Å². The first-order valence-corrected chi connectivity index (χ1v) is 5.26. The Morgan fingerprint density at radius 3 is 2.81 bits per heavy atom. The third-order valence-corrected chi connectivity index (χ3v) is 4.01. The molecule has 0 aromatic rings. The number of carboxylic acids is 1. The average molecular weight is 220 g/mol. The third kappa shape index (κ3) is 0.906. The molecule has 0 heterocycles. The minimum atomic E-state index is -0.920. The molecule has 1 saturated carbocycles. The van der Waals surface area contributed by atoms with E-state index in [2.05, 4.69) is 0 Å². The number of fused-ring (bicyclic) bond motifs is 1. The summed E-state index contributed by atoms with van der Waals surface area (Å²) in [4.78, 5) is 11.3. The van der Waals surface area contributed by atoms with Crippen molar-refractivity contribution >= 4 is 5.97 Å². The lowest BCUT2D eigenvalue weighted by Gasteiger charge is -2.33. The summed E-state index contributed by atoms with van der Waals surface area (Å²) in [6, 6.07) is 0. The van der Waals surface area contributed by atoms with E-state index in [0.29, 0.717) is 0 Å². The van der Waals surface area contributed by atoms with Gasteiger partial charge in [0.05, 0.1) is 12.0 Å². The molecule has 3 N–H and O–H groups in total. The Kier molecular flexibility index (Phi) is 1.67. The molecule has 3 aliphatic carbocycles. The van der Waals surface area contributed by atoms with Crippen LogP contribution in [0.4, 0.5) is 0 Å². The van der Waals surface area contributed by atoms with Crippen LogP contribution >= 0.6 is 0 Å². The fourth-order valence-corrected chi connectivity index (χ4v) is 3.39. The summed E-state index contributed by atoms with van der Waals surface area (Å²) in [6.45, 7) is 0. The molecule has 5 unspecified atom stereocenters. The van der Waals surface area contributed by atoms with Crippen molar-refractivity contribution < 1.29 is 20.1 Å². The van der Waals surface area contributed by atoms with E-state index >= 15 is 0 Å². The molecule has 16 heavy (non-hydrogen) atoms. The molecule has 0 saturated heterocycles. The van der Waals surface area contributed by atoms with Crippen LogP contribution in [0.3, 0.4) is 0 Å². The van der Waals surface area contributed by atoms with Crippen molar-refractivity contribution in [2.24, 2.45) is 23.2 Å². The maximum absolute atomic E-state index is 11.3. The topological polar surface area (TPSA) is 77.8 Å². The van der Waals surface area contributed by atoms with E-state index in [0.717, 1.165) is 0 Å². The number of aliphatic carboxylic acids is 1. The predicted molar refractivity (Wildman–Crippen MR) is 55.5 cm³/mol. The molecule has 0 radical (unpaired) electrons. The highest BCUT2D eigenvalue weighted by atomic mass is 16.4. The minimum Gasteiger partial charge on any atom is -0.508 e. The van der Waals surface area contributed by atoms with Gasteiger partial charge in [0.25, 0.3) is 0 Å². The number of aliphatic hydroxyl groups excluding tert-OH is 2. The average Bonchev–Trinajstić information content (AvgIpc) is 2.66. The van der Waals surface area contributed by atoms with Crippen molar-refractivity contribution in [1.82, 2.24) is 0 Å². The highest BCUT2D eigenvalue weighted by Crippen LogP contribution is 2.60. The summed E-state index contributed by atoms with van der Waals surface area (Å²) in [5, 5.41) is 28.8. The summed E-state index contributed by atoms with van der Waals surface area (Å²) in [7, 11) is 0. The van der Waals surface area contributed by atoms with Crippen molar-refractivity contribution in [1.29, 1.82) is 0 Å². The Balaban J connectivity index is 2.16. The largest absolute Gasteiger partial charge is 0.508 e. The number of carbonyl (C=O) groups is 1. The van der Waals surface area contributed by atoms with Gasteiger partial charge in [-0.3, -0.25) is 4.79 Å². The number of hydrogen-bond donors (Lipinski definition) is 3. The van der Waals surface area contributed by atoms with Gasteiger partial charge in [0, 0.05) is 17.3 Å². The van der Waals surface area contributed by atoms with Crippen molar-refractivity contribution in [3.63, 3.8) is 0 Å². The van der Waals surface area contributed by atoms with E-state index < -0.39 is 23.4 Å². The standard InChI is InChI=1S/C12H12O4/c13-6-1-2-8-10(14)7-3-4-12(8,5-6)9(7)11(15)16/h1-5,7-10,13-14H,(H,15,16). The van der Waals surface area contributed by atoms with E-state index in [9.17, 15) is 20.1 Å². The Labute approximate surface area is 92.2 Å². The summed E-state index contributed by atoms with van der Waals surface area (Å²) >= 11 is 0. The van der Waals surface area contributed by atoms with Crippen LogP contribution < -0.4 is 0 Å². The third-order valence-electron chi connectivity index (χ3n) is 4.01. The lowest BCUT2D eigenvalue weighted by atomic mass is 9.70. The smallest absolute Gasteiger partial charge is 0.308 e. The number of carboxylic acid groups (broad SMARTS) is 1. The molecular weight excluding hydrogens is 208 g/mol. The molecule has 0 amide bonds. The highest BCUT2D eigenvalue weighted by Gasteiger charge is 2.63. The molecule has 5 atom stereocenters. The first-order chi connectivity index (χ1) is 7.56. The number of hydrogen-bond acceptors (Lipinski definition) is 3. The summed E-state index contributed by atoms with van der Waals surface area (Å²) in [5.74, 6) is -2.11. The zero-order valence-electron chi connectivity index (χ0n) is 8.45. The van der Waals surface area contributed by atoms with Crippen molar-refractivity contribution in [2.75, 3.05) is 0 Å². The second-order valence-electron chi connectivity index (χ2n) is 4.70. The zero-order chi connectivity index (χ0) is 11.5. The highest BCUT2D eigenvalue weighted by molar-refractivity contribution is 5.76. The van der Waals surface area contributed by atoms with E-state index in [1.165, 1.54) is 6.08 Å². The van der Waals surface area contributed by atoms with Gasteiger partial charge in [-0.2, -0.15) is 0 Å². The van der Waals surface area contributed by atoms with E-state index in [1.54, 1.807) is 18.2 Å². The normalized spacial score (nSPS) is 47.9. The van der Waals surface area contributed by atoms with Gasteiger partial charge in [-0.05, 0) is 12.2 Å². The molecule has 84 valence electrons. The van der Waals surface area contributed by atoms with Crippen molar-refractivity contribution in [2.45, 2.75) is 6.10 Å². The monoisotopic (exact) mass is 220 g/mol. The maximum atomic E-state index is 11.3. The molecule has 1 spiro atoms. The quantitative estimate of drug-likeness (QED) is 0.573. The molecule has 3 rings (SSSR count). The molecule has 0 aliphatic heterocycles. The molecule has 1 fully saturated rings. The van der Waals surface area contributed by atoms with Crippen LogP contribution in [-0.4, -0.2) is 27.4 Å². The fraction of sp³-hybridized carbons (Fsp3) is 0.417. The number of rotatable bonds is 1. The molecular formula is C12H12O4. The molecule has 4 nitrogen and oxygen atoms in total. The van der Waals surface area contributed by atoms with Crippen molar-refractivity contribution in [3.05, 3.63) is 36.1 Å². The molecule has 2 bridgehead atoms. The summed E-state index contributed by atoms with van der Waals surface area (Å²) in [6.07, 6.45) is 7.68. The van der Waals surface area contributed by atoms with Gasteiger partial charge in [0.15, 0.2) is 0 Å². The Hall–Kier alpha value is -1.55. The summed E-state index contributed by atoms with van der Waals surface area (Å²) in [5.41, 5.74) is -0.741. The van der Waals surface area contributed by atoms with Gasteiger partial charge in [-0.15, -0.1) is 0 Å². The molecule has 4 heteroatoms. The summed E-state index contributed by atoms with van der Waals surface area (Å²) < 4.78 is 0. The Morgan fingerprint density at radius 2 is 2.12 bits per heavy atom. The van der Waals surface area contributed by atoms with Crippen molar-refractivity contribution in [3.8, 4) is 0 Å². The van der Waals surface area contributed by atoms with Gasteiger partial charge >= 0.3 is 5.97 Å². The lowest BCUT2D eigenvalue weighted by Crippen LogP contribution is -2.34. The lowest BCUT2D eigenvalue weighted by molar-refractivity contribution is -0.144. The predicted octanol–water partition coefficient (Wildman–Crippen LogP) is 0.862. The molecule has 0 aromatic heterocycles. The molecule has 3 aliphatic rings. The number of aliphatic hydroxyl groups is 2. The van der Waals surface area contributed by atoms with Crippen LogP contribution in [-0.2, 0) is 4.79 Å². The second-order valence-corrected chi connectivity index (χ2v) is 4.70. The SMILES string of the molecule is O=C(O)C1C2C=CC13C=C(O)C=CC3C2O. The van der Waals surface area contributed by atoms with Crippen LogP contribution in [0.2, 0.25) is 0 Å². The van der Waals surface area contributed by atoms with E-state index in [-0.39, 0.29) is 17.6 Å². The van der Waals surface area contributed by atoms with Crippen LogP contribution in [0.25, 0.3) is 0 Å². The van der Waals surface area contributed by atoms with Gasteiger partial charge in [-0.25, -0.2) is 0 Å².